The van der Waals surface area contributed by atoms with Crippen LogP contribution < -0.4 is 5.73 Å². The lowest BCUT2D eigenvalue weighted by molar-refractivity contribution is -0.536. The molecule has 0 unspecified atom stereocenters. The van der Waals surface area contributed by atoms with Crippen LogP contribution in [0.4, 0.5) is 26.1 Å². The number of halogens is 2. The van der Waals surface area contributed by atoms with E-state index >= 15 is 0 Å². The Bertz CT molecular complexity index is 960. The Labute approximate surface area is 129 Å². The Morgan fingerprint density at radius 2 is 2.13 bits per heavy atom. The summed E-state index contributed by atoms with van der Waals surface area (Å²) in [6.45, 7) is 1.46. The number of hydrogen-bond donors (Lipinski definition) is 1. The van der Waals surface area contributed by atoms with Gasteiger partial charge in [0.25, 0.3) is 12.1 Å². The van der Waals surface area contributed by atoms with Crippen molar-refractivity contribution in [3.63, 3.8) is 0 Å². The van der Waals surface area contributed by atoms with E-state index in [1.807, 2.05) is 31.2 Å². The van der Waals surface area contributed by atoms with E-state index in [4.69, 9.17) is 5.73 Å². The highest BCUT2D eigenvalue weighted by Crippen LogP contribution is 2.41. The topological polar surface area (TPSA) is 71.6 Å². The van der Waals surface area contributed by atoms with Gasteiger partial charge in [-0.25, -0.2) is 18.3 Å². The van der Waals surface area contributed by atoms with Gasteiger partial charge in [-0.15, -0.1) is 5.10 Å². The Balaban J connectivity index is 1.80. The van der Waals surface area contributed by atoms with E-state index in [9.17, 15) is 8.78 Å². The zero-order valence-corrected chi connectivity index (χ0v) is 12.2. The van der Waals surface area contributed by atoms with Gasteiger partial charge in [0.05, 0.1) is 11.2 Å². The maximum Gasteiger partial charge on any atom is 0.298 e. The molecule has 4 rings (SSSR count). The first kappa shape index (κ1) is 13.7. The second-order valence-electron chi connectivity index (χ2n) is 5.35. The molecule has 1 aromatic carbocycles. The zero-order chi connectivity index (χ0) is 16.1. The highest BCUT2D eigenvalue weighted by atomic mass is 19.3. The van der Waals surface area contributed by atoms with E-state index in [1.54, 1.807) is 10.7 Å². The number of hydrogen-bond acceptors (Lipinski definition) is 4. The number of benzene rings is 1. The predicted molar refractivity (Wildman–Crippen MR) is 80.5 cm³/mol. The number of rotatable bonds is 3. The lowest BCUT2D eigenvalue weighted by Gasteiger charge is -2.11. The van der Waals surface area contributed by atoms with Crippen molar-refractivity contribution in [2.75, 3.05) is 12.3 Å². The van der Waals surface area contributed by atoms with E-state index in [0.717, 1.165) is 28.0 Å². The molecule has 1 aliphatic rings. The number of nitrogens with zero attached hydrogens (tertiary/aromatic N) is 5. The minimum Gasteiger partial charge on any atom is -0.367 e. The molecule has 0 spiro atoms. The number of fused-ring (bicyclic) bond motifs is 2. The van der Waals surface area contributed by atoms with Crippen molar-refractivity contribution in [1.82, 2.24) is 14.6 Å². The molecule has 0 atom stereocenters. The van der Waals surface area contributed by atoms with E-state index in [0.29, 0.717) is 5.69 Å². The van der Waals surface area contributed by atoms with Crippen LogP contribution in [0.5, 0.6) is 0 Å². The van der Waals surface area contributed by atoms with Crippen molar-refractivity contribution in [2.45, 2.75) is 13.3 Å². The van der Waals surface area contributed by atoms with Crippen molar-refractivity contribution in [1.29, 1.82) is 0 Å². The van der Waals surface area contributed by atoms with Gasteiger partial charge >= 0.3 is 0 Å². The monoisotopic (exact) mass is 315 g/mol. The van der Waals surface area contributed by atoms with Crippen LogP contribution in [0.3, 0.4) is 0 Å². The van der Waals surface area contributed by atoms with Crippen LogP contribution in [0.2, 0.25) is 0 Å². The zero-order valence-electron chi connectivity index (χ0n) is 12.2. The van der Waals surface area contributed by atoms with E-state index < -0.39 is 13.0 Å². The fourth-order valence-corrected chi connectivity index (χ4v) is 2.85. The second-order valence-corrected chi connectivity index (χ2v) is 5.35. The molecule has 23 heavy (non-hydrogen) atoms. The predicted octanol–water partition coefficient (Wildman–Crippen LogP) is 3.29. The van der Waals surface area contributed by atoms with Gasteiger partial charge in [-0.2, -0.15) is 0 Å². The van der Waals surface area contributed by atoms with E-state index in [-0.39, 0.29) is 5.95 Å². The maximum absolute atomic E-state index is 12.5. The number of alkyl halides is 2. The summed E-state index contributed by atoms with van der Waals surface area (Å²) in [5.41, 5.74) is 10.5. The third kappa shape index (κ3) is 2.14. The van der Waals surface area contributed by atoms with Crippen LogP contribution in [0.25, 0.3) is 16.6 Å². The SMILES string of the molecule is Cc1nc(N)nn2ccc(-c3ccc4c(c3)[N+](CC(F)F)=N4)c12. The van der Waals surface area contributed by atoms with Crippen molar-refractivity contribution >= 4 is 22.8 Å². The third-order valence-electron chi connectivity index (χ3n) is 3.81. The minimum atomic E-state index is -2.43. The molecule has 0 aliphatic carbocycles. The first-order valence-electron chi connectivity index (χ1n) is 7.06. The first-order valence-corrected chi connectivity index (χ1v) is 7.06. The summed E-state index contributed by atoms with van der Waals surface area (Å²) in [6, 6.07) is 7.50. The second kappa shape index (κ2) is 4.80. The Morgan fingerprint density at radius 3 is 2.91 bits per heavy atom. The standard InChI is InChI=1S/C15H13F2N6/c1-8-14-10(4-5-22(14)21-15(18)19-8)9-2-3-11-12(6-9)23(20-11)7-13(16)17/h2-6,13H,7H2,1H3,(H2,18,19,21)/q+1. The van der Waals surface area contributed by atoms with Crippen molar-refractivity contribution in [3.05, 3.63) is 36.2 Å². The largest absolute Gasteiger partial charge is 0.367 e. The molecule has 0 saturated carbocycles. The molecule has 116 valence electrons. The summed E-state index contributed by atoms with van der Waals surface area (Å²) in [6.07, 6.45) is -0.624. The molecule has 3 aromatic rings. The highest BCUT2D eigenvalue weighted by Gasteiger charge is 2.31. The van der Waals surface area contributed by atoms with Gasteiger partial charge in [0.2, 0.25) is 18.2 Å². The fraction of sp³-hybridized carbons (Fsp3) is 0.200. The Hall–Kier alpha value is -2.90. The molecule has 0 radical (unpaired) electrons. The van der Waals surface area contributed by atoms with Gasteiger partial charge < -0.3 is 5.73 Å². The molecular weight excluding hydrogens is 302 g/mol. The molecule has 1 aliphatic heterocycles. The first-order chi connectivity index (χ1) is 11.0. The van der Waals surface area contributed by atoms with Crippen LogP contribution in [-0.2, 0) is 0 Å². The van der Waals surface area contributed by atoms with Crippen LogP contribution in [-0.4, -0.2) is 32.3 Å². The minimum absolute atomic E-state index is 0.205. The van der Waals surface area contributed by atoms with Crippen molar-refractivity contribution in [2.24, 2.45) is 5.11 Å². The normalized spacial score (nSPS) is 13.1. The van der Waals surface area contributed by atoms with Crippen molar-refractivity contribution < 1.29 is 13.5 Å². The van der Waals surface area contributed by atoms with Gasteiger partial charge in [0, 0.05) is 22.9 Å². The number of aryl methyl sites for hydroxylation is 1. The average molecular weight is 315 g/mol. The molecule has 3 heterocycles. The molecule has 0 saturated heterocycles. The van der Waals surface area contributed by atoms with Gasteiger partial charge in [-0.3, -0.25) is 0 Å². The molecule has 2 N–H and O–H groups in total. The summed E-state index contributed by atoms with van der Waals surface area (Å²) in [4.78, 5) is 4.19. The smallest absolute Gasteiger partial charge is 0.298 e. The van der Waals surface area contributed by atoms with Crippen LogP contribution in [0.1, 0.15) is 5.69 Å². The number of nitrogen functional groups attached to an aromatic ring is 1. The van der Waals surface area contributed by atoms with Gasteiger partial charge in [-0.05, 0) is 24.6 Å². The van der Waals surface area contributed by atoms with Gasteiger partial charge in [-0.1, -0.05) is 10.8 Å². The van der Waals surface area contributed by atoms with Gasteiger partial charge in [0.1, 0.15) is 0 Å². The van der Waals surface area contributed by atoms with E-state index in [2.05, 4.69) is 15.2 Å². The quantitative estimate of drug-likeness (QED) is 0.754. The van der Waals surface area contributed by atoms with Crippen LogP contribution in [0.15, 0.2) is 35.6 Å². The summed E-state index contributed by atoms with van der Waals surface area (Å²) in [5, 5.41) is 8.19. The number of azo groups is 2. The van der Waals surface area contributed by atoms with Crippen molar-refractivity contribution in [3.8, 4) is 11.1 Å². The lowest BCUT2D eigenvalue weighted by Crippen LogP contribution is -2.17. The summed E-state index contributed by atoms with van der Waals surface area (Å²) >= 11 is 0. The molecule has 6 nitrogen and oxygen atoms in total. The third-order valence-corrected chi connectivity index (χ3v) is 3.81. The maximum atomic E-state index is 12.5. The summed E-state index contributed by atoms with van der Waals surface area (Å²) in [5.74, 6) is 0.205. The molecular formula is C15H13F2N6+. The summed E-state index contributed by atoms with van der Waals surface area (Å²) < 4.78 is 28.1. The summed E-state index contributed by atoms with van der Waals surface area (Å²) in [7, 11) is 0. The molecule has 8 heteroatoms. The molecule has 0 bridgehead atoms. The molecule has 0 amide bonds. The number of aromatic nitrogens is 3. The molecule has 0 fully saturated rings. The highest BCUT2D eigenvalue weighted by molar-refractivity contribution is 5.85. The molecule has 2 aromatic heterocycles. The van der Waals surface area contributed by atoms with E-state index in [1.165, 1.54) is 4.70 Å². The average Bonchev–Trinajstić information content (AvgIpc) is 2.88. The van der Waals surface area contributed by atoms with Gasteiger partial charge in [0.15, 0.2) is 0 Å². The number of anilines is 1. The number of nitrogens with two attached hydrogens (primary N) is 1. The Kier molecular flexibility index (Phi) is 2.87. The Morgan fingerprint density at radius 1 is 1.30 bits per heavy atom. The van der Waals surface area contributed by atoms with Crippen LogP contribution in [0, 0.1) is 6.92 Å². The lowest BCUT2D eigenvalue weighted by atomic mass is 10.0. The van der Waals surface area contributed by atoms with Crippen LogP contribution >= 0.6 is 0 Å². The fourth-order valence-electron chi connectivity index (χ4n) is 2.85.